The highest BCUT2D eigenvalue weighted by atomic mass is 16.5. The van der Waals surface area contributed by atoms with Gasteiger partial charge < -0.3 is 14.6 Å². The van der Waals surface area contributed by atoms with Crippen LogP contribution < -0.4 is 5.32 Å². The SMILES string of the molecule is COC(=O)C12C[C@@H]3C[C@H](CC(NC(=O)c4ccc(Cn5ccnc5)cc4)(C3)C1)C2. The molecule has 0 spiro atoms. The zero-order chi connectivity index (χ0) is 20.1. The summed E-state index contributed by atoms with van der Waals surface area (Å²) >= 11 is 0. The smallest absolute Gasteiger partial charge is 0.311 e. The van der Waals surface area contributed by atoms with E-state index in [1.54, 1.807) is 12.5 Å². The van der Waals surface area contributed by atoms with E-state index in [0.717, 1.165) is 37.8 Å². The number of nitrogens with zero attached hydrogens (tertiary/aromatic N) is 2. The summed E-state index contributed by atoms with van der Waals surface area (Å²) in [5, 5.41) is 3.35. The van der Waals surface area contributed by atoms with E-state index in [1.165, 1.54) is 13.5 Å². The van der Waals surface area contributed by atoms with Gasteiger partial charge in [-0.3, -0.25) is 9.59 Å². The highest BCUT2D eigenvalue weighted by Gasteiger charge is 2.61. The Morgan fingerprint density at radius 2 is 1.90 bits per heavy atom. The van der Waals surface area contributed by atoms with Crippen molar-refractivity contribution in [3.63, 3.8) is 0 Å². The van der Waals surface area contributed by atoms with Gasteiger partial charge in [-0.2, -0.15) is 0 Å². The normalized spacial score (nSPS) is 32.2. The topological polar surface area (TPSA) is 73.2 Å². The number of methoxy groups -OCH3 is 1. The Bertz CT molecular complexity index is 905. The molecular weight excluding hydrogens is 366 g/mol. The predicted molar refractivity (Wildman–Crippen MR) is 107 cm³/mol. The molecule has 0 saturated heterocycles. The van der Waals surface area contributed by atoms with E-state index in [9.17, 15) is 9.59 Å². The van der Waals surface area contributed by atoms with Crippen molar-refractivity contribution in [3.05, 3.63) is 54.1 Å². The zero-order valence-corrected chi connectivity index (χ0v) is 16.8. The Labute approximate surface area is 170 Å². The third-order valence-electron chi connectivity index (χ3n) is 7.20. The molecule has 4 aliphatic carbocycles. The van der Waals surface area contributed by atoms with Crippen LogP contribution in [0.2, 0.25) is 0 Å². The van der Waals surface area contributed by atoms with Gasteiger partial charge in [0.1, 0.15) is 0 Å². The fourth-order valence-corrected chi connectivity index (χ4v) is 6.53. The lowest BCUT2D eigenvalue weighted by atomic mass is 9.47. The van der Waals surface area contributed by atoms with Crippen molar-refractivity contribution in [1.29, 1.82) is 0 Å². The molecule has 0 unspecified atom stereocenters. The average molecular weight is 393 g/mol. The van der Waals surface area contributed by atoms with Crippen LogP contribution in [0.15, 0.2) is 43.0 Å². The number of ether oxygens (including phenoxy) is 1. The minimum absolute atomic E-state index is 0.0406. The van der Waals surface area contributed by atoms with Gasteiger partial charge >= 0.3 is 5.97 Å². The highest BCUT2D eigenvalue weighted by Crippen LogP contribution is 2.62. The maximum Gasteiger partial charge on any atom is 0.311 e. The quantitative estimate of drug-likeness (QED) is 0.792. The molecule has 4 fully saturated rings. The molecule has 2 aromatic rings. The predicted octanol–water partition coefficient (Wildman–Crippen LogP) is 3.17. The summed E-state index contributed by atoms with van der Waals surface area (Å²) in [4.78, 5) is 29.7. The van der Waals surface area contributed by atoms with Crippen molar-refractivity contribution in [2.45, 2.75) is 50.6 Å². The van der Waals surface area contributed by atoms with Crippen LogP contribution >= 0.6 is 0 Å². The van der Waals surface area contributed by atoms with E-state index in [4.69, 9.17) is 4.74 Å². The first-order chi connectivity index (χ1) is 14.0. The maximum atomic E-state index is 13.1. The average Bonchev–Trinajstić information content (AvgIpc) is 3.19. The fourth-order valence-electron chi connectivity index (χ4n) is 6.53. The van der Waals surface area contributed by atoms with Crippen LogP contribution in [-0.4, -0.2) is 34.1 Å². The molecule has 2 atom stereocenters. The summed E-state index contributed by atoms with van der Waals surface area (Å²) < 4.78 is 7.16. The number of carbonyl (C=O) groups is 2. The Balaban J connectivity index is 1.32. The van der Waals surface area contributed by atoms with Crippen molar-refractivity contribution in [2.24, 2.45) is 17.3 Å². The molecule has 1 aromatic heterocycles. The summed E-state index contributed by atoms with van der Waals surface area (Å²) in [6.07, 6.45) is 11.1. The molecule has 1 amide bonds. The summed E-state index contributed by atoms with van der Waals surface area (Å²) in [5.41, 5.74) is 1.12. The van der Waals surface area contributed by atoms with Gasteiger partial charge in [0, 0.05) is 30.0 Å². The molecule has 1 aromatic carbocycles. The van der Waals surface area contributed by atoms with Gasteiger partial charge in [0.2, 0.25) is 0 Å². The summed E-state index contributed by atoms with van der Waals surface area (Å²) in [7, 11) is 1.48. The van der Waals surface area contributed by atoms with Gasteiger partial charge in [-0.05, 0) is 68.1 Å². The summed E-state index contributed by atoms with van der Waals surface area (Å²) in [6.45, 7) is 0.733. The first-order valence-electron chi connectivity index (χ1n) is 10.4. The molecule has 1 heterocycles. The third-order valence-corrected chi connectivity index (χ3v) is 7.20. The van der Waals surface area contributed by atoms with Crippen LogP contribution in [0.25, 0.3) is 0 Å². The molecule has 0 radical (unpaired) electrons. The van der Waals surface area contributed by atoms with Gasteiger partial charge in [0.25, 0.3) is 5.91 Å². The van der Waals surface area contributed by atoms with Gasteiger partial charge in [-0.25, -0.2) is 4.98 Å². The number of imidazole rings is 1. The van der Waals surface area contributed by atoms with E-state index in [2.05, 4.69) is 10.3 Å². The molecule has 4 bridgehead atoms. The van der Waals surface area contributed by atoms with Gasteiger partial charge in [0.15, 0.2) is 0 Å². The van der Waals surface area contributed by atoms with Crippen molar-refractivity contribution in [3.8, 4) is 0 Å². The van der Waals surface area contributed by atoms with Crippen LogP contribution in [0.5, 0.6) is 0 Å². The first kappa shape index (κ1) is 18.4. The van der Waals surface area contributed by atoms with Gasteiger partial charge in [-0.15, -0.1) is 0 Å². The number of benzene rings is 1. The number of nitrogens with one attached hydrogen (secondary N) is 1. The first-order valence-corrected chi connectivity index (χ1v) is 10.4. The van der Waals surface area contributed by atoms with E-state index in [-0.39, 0.29) is 17.4 Å². The molecule has 6 rings (SSSR count). The molecular formula is C23H27N3O3. The molecule has 0 aliphatic heterocycles. The van der Waals surface area contributed by atoms with E-state index < -0.39 is 5.41 Å². The third kappa shape index (κ3) is 3.24. The molecule has 29 heavy (non-hydrogen) atoms. The number of amides is 1. The second-order valence-electron chi connectivity index (χ2n) is 9.40. The Morgan fingerprint density at radius 1 is 1.17 bits per heavy atom. The lowest BCUT2D eigenvalue weighted by molar-refractivity contribution is -0.171. The van der Waals surface area contributed by atoms with Crippen molar-refractivity contribution >= 4 is 11.9 Å². The molecule has 4 aliphatic rings. The van der Waals surface area contributed by atoms with Crippen molar-refractivity contribution in [1.82, 2.24) is 14.9 Å². The minimum atomic E-state index is -0.402. The van der Waals surface area contributed by atoms with Crippen LogP contribution in [0.1, 0.15) is 54.4 Å². The second kappa shape index (κ2) is 6.71. The monoisotopic (exact) mass is 393 g/mol. The minimum Gasteiger partial charge on any atom is -0.469 e. The Hall–Kier alpha value is -2.63. The van der Waals surface area contributed by atoms with Crippen LogP contribution in [0, 0.1) is 17.3 Å². The van der Waals surface area contributed by atoms with Crippen LogP contribution in [0.4, 0.5) is 0 Å². The lowest BCUT2D eigenvalue weighted by Gasteiger charge is -2.60. The lowest BCUT2D eigenvalue weighted by Crippen LogP contribution is -2.64. The number of hydrogen-bond acceptors (Lipinski definition) is 4. The number of hydrogen-bond donors (Lipinski definition) is 1. The number of esters is 1. The number of aromatic nitrogens is 2. The standard InChI is InChI=1S/C23H27N3O3/c1-29-21(28)22-9-17-8-18(10-22)12-23(11-17,14-22)25-20(27)19-4-2-16(3-5-19)13-26-7-6-24-15-26/h2-7,15,17-18H,8-14H2,1H3,(H,25,27)/t17-,18-,22?,23?/m0/s1. The van der Waals surface area contributed by atoms with E-state index in [0.29, 0.717) is 23.8 Å². The van der Waals surface area contributed by atoms with Crippen molar-refractivity contribution in [2.75, 3.05) is 7.11 Å². The molecule has 1 N–H and O–H groups in total. The van der Waals surface area contributed by atoms with E-state index >= 15 is 0 Å². The molecule has 6 heteroatoms. The van der Waals surface area contributed by atoms with Crippen molar-refractivity contribution < 1.29 is 14.3 Å². The number of carbonyl (C=O) groups excluding carboxylic acids is 2. The zero-order valence-electron chi connectivity index (χ0n) is 16.8. The molecule has 152 valence electrons. The summed E-state index contributed by atoms with van der Waals surface area (Å²) in [6, 6.07) is 7.76. The molecule has 4 saturated carbocycles. The number of rotatable bonds is 5. The second-order valence-corrected chi connectivity index (χ2v) is 9.40. The Morgan fingerprint density at radius 3 is 2.52 bits per heavy atom. The van der Waals surface area contributed by atoms with E-state index in [1.807, 2.05) is 35.0 Å². The molecule has 6 nitrogen and oxygen atoms in total. The fraction of sp³-hybridized carbons (Fsp3) is 0.522. The Kier molecular flexibility index (Phi) is 4.26. The van der Waals surface area contributed by atoms with Crippen LogP contribution in [0.3, 0.4) is 0 Å². The largest absolute Gasteiger partial charge is 0.469 e. The maximum absolute atomic E-state index is 13.1. The summed E-state index contributed by atoms with van der Waals surface area (Å²) in [5.74, 6) is 0.886. The van der Waals surface area contributed by atoms with Crippen LogP contribution in [-0.2, 0) is 16.1 Å². The van der Waals surface area contributed by atoms with Gasteiger partial charge in [0.05, 0.1) is 18.9 Å². The highest BCUT2D eigenvalue weighted by molar-refractivity contribution is 5.95. The van der Waals surface area contributed by atoms with Gasteiger partial charge in [-0.1, -0.05) is 12.1 Å².